The SMILES string of the molecule is CC.CCc1cc2ccsc2nc1-c1cccc(F)c1.NC(=O)c1ccccc1C(=O)O. The van der Waals surface area contributed by atoms with E-state index in [0.717, 1.165) is 33.5 Å². The van der Waals surface area contributed by atoms with Gasteiger partial charge in [0.2, 0.25) is 5.91 Å². The van der Waals surface area contributed by atoms with Gasteiger partial charge in [-0.25, -0.2) is 14.2 Å². The Morgan fingerprint density at radius 1 is 1.03 bits per heavy atom. The average molecular weight is 453 g/mol. The van der Waals surface area contributed by atoms with Crippen LogP contribution in [0.5, 0.6) is 0 Å². The first-order valence-corrected chi connectivity index (χ1v) is 11.0. The number of aromatic nitrogens is 1. The summed E-state index contributed by atoms with van der Waals surface area (Å²) in [6.45, 7) is 6.10. The molecule has 0 bridgehead atoms. The van der Waals surface area contributed by atoms with Crippen LogP contribution in [0.3, 0.4) is 0 Å². The lowest BCUT2D eigenvalue weighted by atomic mass is 10.0. The zero-order chi connectivity index (χ0) is 23.7. The summed E-state index contributed by atoms with van der Waals surface area (Å²) in [4.78, 5) is 26.9. The van der Waals surface area contributed by atoms with Crippen LogP contribution < -0.4 is 5.73 Å². The number of carboxylic acid groups (broad SMARTS) is 1. The van der Waals surface area contributed by atoms with E-state index in [1.165, 1.54) is 24.3 Å². The lowest BCUT2D eigenvalue weighted by Gasteiger charge is -2.07. The Balaban J connectivity index is 0.000000227. The highest BCUT2D eigenvalue weighted by atomic mass is 32.1. The fourth-order valence-corrected chi connectivity index (χ4v) is 3.73. The minimum Gasteiger partial charge on any atom is -0.478 e. The number of carbonyl (C=O) groups is 2. The van der Waals surface area contributed by atoms with Gasteiger partial charge >= 0.3 is 5.97 Å². The molecule has 0 aliphatic carbocycles. The maximum Gasteiger partial charge on any atom is 0.336 e. The first kappa shape index (κ1) is 24.7. The van der Waals surface area contributed by atoms with Crippen molar-refractivity contribution < 1.29 is 19.1 Å². The molecule has 166 valence electrons. The largest absolute Gasteiger partial charge is 0.478 e. The van der Waals surface area contributed by atoms with E-state index in [2.05, 4.69) is 24.0 Å². The van der Waals surface area contributed by atoms with E-state index in [0.29, 0.717) is 0 Å². The third kappa shape index (κ3) is 5.98. The predicted molar refractivity (Wildman–Crippen MR) is 128 cm³/mol. The Morgan fingerprint density at radius 2 is 1.72 bits per heavy atom. The van der Waals surface area contributed by atoms with E-state index in [-0.39, 0.29) is 16.9 Å². The summed E-state index contributed by atoms with van der Waals surface area (Å²) in [5.41, 5.74) is 7.82. The number of carbonyl (C=O) groups excluding carboxylic acids is 1. The maximum absolute atomic E-state index is 13.3. The quantitative estimate of drug-likeness (QED) is 0.387. The first-order valence-electron chi connectivity index (χ1n) is 10.2. The Bertz CT molecular complexity index is 1190. The Kier molecular flexibility index (Phi) is 9.04. The normalized spacial score (nSPS) is 9.88. The molecule has 7 heteroatoms. The van der Waals surface area contributed by atoms with Gasteiger partial charge in [-0.15, -0.1) is 11.3 Å². The van der Waals surface area contributed by atoms with Crippen LogP contribution in [0, 0.1) is 5.82 Å². The Morgan fingerprint density at radius 3 is 2.28 bits per heavy atom. The monoisotopic (exact) mass is 452 g/mol. The van der Waals surface area contributed by atoms with E-state index >= 15 is 0 Å². The predicted octanol–water partition coefficient (Wildman–Crippen LogP) is 6.17. The van der Waals surface area contributed by atoms with E-state index < -0.39 is 11.9 Å². The second-order valence-corrected chi connectivity index (χ2v) is 7.28. The molecule has 0 radical (unpaired) electrons. The number of thiophene rings is 1. The zero-order valence-corrected chi connectivity index (χ0v) is 18.9. The third-order valence-corrected chi connectivity index (χ3v) is 5.25. The van der Waals surface area contributed by atoms with Crippen molar-refractivity contribution in [3.05, 3.63) is 88.6 Å². The van der Waals surface area contributed by atoms with Crippen LogP contribution in [0.1, 0.15) is 47.1 Å². The molecule has 3 N–H and O–H groups in total. The van der Waals surface area contributed by atoms with E-state index in [1.807, 2.05) is 25.3 Å². The Hall–Kier alpha value is -3.58. The number of rotatable bonds is 4. The number of fused-ring (bicyclic) bond motifs is 1. The average Bonchev–Trinajstić information content (AvgIpc) is 3.27. The number of amides is 1. The van der Waals surface area contributed by atoms with Crippen molar-refractivity contribution in [2.75, 3.05) is 0 Å². The molecule has 0 atom stereocenters. The van der Waals surface area contributed by atoms with Crippen LogP contribution in [0.15, 0.2) is 66.0 Å². The van der Waals surface area contributed by atoms with Gasteiger partial charge in [-0.3, -0.25) is 4.79 Å². The van der Waals surface area contributed by atoms with Gasteiger partial charge in [-0.05, 0) is 53.8 Å². The number of primary amides is 1. The minimum atomic E-state index is -1.15. The molecule has 0 saturated heterocycles. The Labute approximate surface area is 190 Å². The summed E-state index contributed by atoms with van der Waals surface area (Å²) in [6, 6.07) is 16.7. The van der Waals surface area contributed by atoms with Crippen molar-refractivity contribution >= 4 is 33.4 Å². The summed E-state index contributed by atoms with van der Waals surface area (Å²) in [6.07, 6.45) is 0.893. The number of carboxylic acids is 1. The molecule has 2 aromatic carbocycles. The molecule has 1 amide bonds. The van der Waals surface area contributed by atoms with Crippen molar-refractivity contribution in [1.82, 2.24) is 4.98 Å². The van der Waals surface area contributed by atoms with E-state index in [9.17, 15) is 14.0 Å². The smallest absolute Gasteiger partial charge is 0.336 e. The number of hydrogen-bond donors (Lipinski definition) is 2. The summed E-state index contributed by atoms with van der Waals surface area (Å²) in [7, 11) is 0. The summed E-state index contributed by atoms with van der Waals surface area (Å²) in [5, 5.41) is 11.8. The molecule has 0 fully saturated rings. The third-order valence-electron chi connectivity index (χ3n) is 4.42. The number of halogens is 1. The molecule has 4 rings (SSSR count). The van der Waals surface area contributed by atoms with Crippen LogP contribution in [0.25, 0.3) is 21.5 Å². The van der Waals surface area contributed by atoms with Gasteiger partial charge in [-0.1, -0.05) is 45.0 Å². The lowest BCUT2D eigenvalue weighted by molar-refractivity contribution is 0.0692. The molecular weight excluding hydrogens is 427 g/mol. The molecular formula is C25H25FN2O3S. The zero-order valence-electron chi connectivity index (χ0n) is 18.1. The highest BCUT2D eigenvalue weighted by Crippen LogP contribution is 2.28. The van der Waals surface area contributed by atoms with E-state index in [1.54, 1.807) is 29.5 Å². The topological polar surface area (TPSA) is 93.3 Å². The standard InChI is InChI=1S/C15H12FNS.C8H7NO3.C2H6/c1-2-10-8-12-6-7-18-15(12)17-14(10)11-4-3-5-13(16)9-11;9-7(10)5-3-1-2-4-6(5)8(11)12;1-2/h3-9H,2H2,1H3;1-4H,(H2,9,10)(H,11,12);1-2H3. The molecule has 32 heavy (non-hydrogen) atoms. The van der Waals surface area contributed by atoms with Gasteiger partial charge in [0.05, 0.1) is 16.8 Å². The van der Waals surface area contributed by atoms with Crippen molar-refractivity contribution in [1.29, 1.82) is 0 Å². The fourth-order valence-electron chi connectivity index (χ4n) is 2.98. The van der Waals surface area contributed by atoms with Crippen molar-refractivity contribution in [3.8, 4) is 11.3 Å². The van der Waals surface area contributed by atoms with Gasteiger partial charge < -0.3 is 10.8 Å². The highest BCUT2D eigenvalue weighted by Gasteiger charge is 2.12. The molecule has 0 unspecified atom stereocenters. The second kappa shape index (κ2) is 11.7. The summed E-state index contributed by atoms with van der Waals surface area (Å²) < 4.78 is 13.3. The number of aryl methyl sites for hydroxylation is 1. The van der Waals surface area contributed by atoms with Gasteiger partial charge in [0, 0.05) is 10.9 Å². The van der Waals surface area contributed by atoms with Crippen LogP contribution in [-0.2, 0) is 6.42 Å². The molecule has 0 spiro atoms. The summed E-state index contributed by atoms with van der Waals surface area (Å²) >= 11 is 1.61. The highest BCUT2D eigenvalue weighted by molar-refractivity contribution is 7.16. The van der Waals surface area contributed by atoms with Crippen molar-refractivity contribution in [2.24, 2.45) is 5.73 Å². The lowest BCUT2D eigenvalue weighted by Crippen LogP contribution is -2.15. The molecule has 0 aliphatic heterocycles. The molecule has 2 heterocycles. The molecule has 4 aromatic rings. The second-order valence-electron chi connectivity index (χ2n) is 6.39. The van der Waals surface area contributed by atoms with Gasteiger partial charge in [0.1, 0.15) is 10.6 Å². The van der Waals surface area contributed by atoms with Crippen LogP contribution in [0.4, 0.5) is 4.39 Å². The maximum atomic E-state index is 13.3. The van der Waals surface area contributed by atoms with Gasteiger partial charge in [0.25, 0.3) is 0 Å². The molecule has 2 aromatic heterocycles. The molecule has 5 nitrogen and oxygen atoms in total. The van der Waals surface area contributed by atoms with Crippen molar-refractivity contribution in [3.63, 3.8) is 0 Å². The number of nitrogens with zero attached hydrogens (tertiary/aromatic N) is 1. The number of nitrogens with two attached hydrogens (primary N) is 1. The number of pyridine rings is 1. The van der Waals surface area contributed by atoms with Crippen LogP contribution in [-0.4, -0.2) is 22.0 Å². The first-order chi connectivity index (χ1) is 15.4. The molecule has 0 saturated carbocycles. The van der Waals surface area contributed by atoms with Crippen LogP contribution in [0.2, 0.25) is 0 Å². The van der Waals surface area contributed by atoms with Crippen LogP contribution >= 0.6 is 11.3 Å². The van der Waals surface area contributed by atoms with Crippen molar-refractivity contribution in [2.45, 2.75) is 27.2 Å². The van der Waals surface area contributed by atoms with Gasteiger partial charge in [-0.2, -0.15) is 0 Å². The number of hydrogen-bond acceptors (Lipinski definition) is 4. The van der Waals surface area contributed by atoms with E-state index in [4.69, 9.17) is 10.8 Å². The molecule has 0 aliphatic rings. The van der Waals surface area contributed by atoms with Gasteiger partial charge in [0.15, 0.2) is 0 Å². The summed E-state index contributed by atoms with van der Waals surface area (Å²) in [5.74, 6) is -2.10. The number of benzene rings is 2. The number of aromatic carboxylic acids is 1. The minimum absolute atomic E-state index is 0.0324. The fraction of sp³-hybridized carbons (Fsp3) is 0.160.